The fraction of sp³-hybridized carbons (Fsp3) is 0.238. The number of rotatable bonds is 8. The maximum absolute atomic E-state index is 13.5. The van der Waals surface area contributed by atoms with Gasteiger partial charge >= 0.3 is 5.97 Å². The number of aliphatic carboxylic acids is 1. The number of carboxylic acids is 1. The van der Waals surface area contributed by atoms with Crippen LogP contribution >= 0.6 is 0 Å². The van der Waals surface area contributed by atoms with Crippen LogP contribution in [-0.2, 0) is 9.59 Å². The van der Waals surface area contributed by atoms with Gasteiger partial charge in [-0.3, -0.25) is 14.4 Å². The van der Waals surface area contributed by atoms with Gasteiger partial charge in [0.2, 0.25) is 0 Å². The summed E-state index contributed by atoms with van der Waals surface area (Å²) in [5.74, 6) is -2.44. The lowest BCUT2D eigenvalue weighted by Gasteiger charge is -2.40. The number of nitrogens with one attached hydrogen (secondary N) is 3. The number of aliphatic hydroxyl groups is 2. The summed E-state index contributed by atoms with van der Waals surface area (Å²) in [6, 6.07) is 19.0. The van der Waals surface area contributed by atoms with E-state index < -0.39 is 18.2 Å². The highest BCUT2D eigenvalue weighted by atomic mass is 19.1. The van der Waals surface area contributed by atoms with Crippen LogP contribution in [0.25, 0.3) is 44.3 Å². The number of likely N-dealkylation sites (tertiary alicyclic amines) is 1. The normalized spacial score (nSPS) is 14.6. The van der Waals surface area contributed by atoms with Crippen LogP contribution in [0, 0.1) is 11.6 Å². The third kappa shape index (κ3) is 10.3. The number of amides is 3. The minimum Gasteiger partial charge on any atom is -0.479 e. The van der Waals surface area contributed by atoms with Crippen molar-refractivity contribution in [3.8, 4) is 22.5 Å². The molecule has 316 valence electrons. The molecule has 2 saturated heterocycles. The van der Waals surface area contributed by atoms with Crippen molar-refractivity contribution in [2.24, 2.45) is 0 Å². The number of hydrogen-bond acceptors (Lipinski definition) is 13. The van der Waals surface area contributed by atoms with Crippen molar-refractivity contribution in [3.63, 3.8) is 0 Å². The fourth-order valence-corrected chi connectivity index (χ4v) is 6.18. The Morgan fingerprint density at radius 3 is 1.54 bits per heavy atom. The number of nitrogens with two attached hydrogens (primary N) is 2. The van der Waals surface area contributed by atoms with Gasteiger partial charge < -0.3 is 47.6 Å². The Bertz CT molecular complexity index is 2620. The molecule has 2 atom stereocenters. The number of nitrogen functional groups attached to an aromatic ring is 2. The molecule has 6 aromatic rings. The minimum absolute atomic E-state index is 0.125. The molecule has 0 radical (unpaired) electrons. The minimum atomic E-state index is -1.23. The first-order valence-electron chi connectivity index (χ1n) is 18.9. The van der Waals surface area contributed by atoms with Gasteiger partial charge in [-0.15, -0.1) is 0 Å². The molecule has 2 fully saturated rings. The van der Waals surface area contributed by atoms with E-state index in [2.05, 4.69) is 35.9 Å². The van der Waals surface area contributed by atoms with Crippen molar-refractivity contribution in [1.82, 2.24) is 40.8 Å². The van der Waals surface area contributed by atoms with Crippen molar-refractivity contribution in [1.29, 1.82) is 0 Å². The van der Waals surface area contributed by atoms with Gasteiger partial charge in [0.25, 0.3) is 17.7 Å². The van der Waals surface area contributed by atoms with Crippen molar-refractivity contribution < 1.29 is 43.3 Å². The molecule has 0 saturated carbocycles. The number of anilines is 2. The molecular weight excluding hydrogens is 795 g/mol. The largest absolute Gasteiger partial charge is 0.479 e. The molecule has 19 heteroatoms. The summed E-state index contributed by atoms with van der Waals surface area (Å²) in [7, 11) is 0. The highest BCUT2D eigenvalue weighted by Gasteiger charge is 2.34. The molecule has 4 aromatic heterocycles. The molecule has 0 spiro atoms. The number of carboxylic acid groups (broad SMARTS) is 1. The number of benzene rings is 2. The Labute approximate surface area is 346 Å². The van der Waals surface area contributed by atoms with Crippen LogP contribution in [0.3, 0.4) is 0 Å². The van der Waals surface area contributed by atoms with Gasteiger partial charge in [0.1, 0.15) is 46.5 Å². The van der Waals surface area contributed by atoms with E-state index in [-0.39, 0.29) is 53.1 Å². The second-order valence-corrected chi connectivity index (χ2v) is 14.3. The van der Waals surface area contributed by atoms with Crippen LogP contribution in [0.1, 0.15) is 34.6 Å². The van der Waals surface area contributed by atoms with E-state index in [1.165, 1.54) is 55.4 Å². The second kappa shape index (κ2) is 18.8. The summed E-state index contributed by atoms with van der Waals surface area (Å²) < 4.78 is 27.0. The predicted octanol–water partition coefficient (Wildman–Crippen LogP) is 2.51. The number of halogens is 2. The number of hydrogen-bond donors (Lipinski definition) is 8. The van der Waals surface area contributed by atoms with E-state index in [1.54, 1.807) is 48.5 Å². The van der Waals surface area contributed by atoms with Gasteiger partial charge in [0.05, 0.1) is 34.6 Å². The molecule has 0 bridgehead atoms. The fourth-order valence-electron chi connectivity index (χ4n) is 6.18. The van der Waals surface area contributed by atoms with Crippen molar-refractivity contribution in [3.05, 3.63) is 108 Å². The summed E-state index contributed by atoms with van der Waals surface area (Å²) in [6.45, 7) is 4.78. The standard InChI is InChI=1S/C21H20FN5O3.C18H16FN5O.C3H6O3/c1-11(28)21(30)27-9-14(10-27)25-20(29)16-8-24-19(23)18-15(16)5-6-17(26-18)12-3-2-4-13(22)7-12;19-11-3-1-2-10(6-11)15-5-4-13-14(9-22-17(20)16(13)24-15)18(25)23-12-7-21-8-12;1-2(4)3(5)6/h2-8,11,14,28H,9-10H2,1H3,(H2,23,24)(H,25,29);1-6,9,12,21H,7-8H2,(H2,20,22)(H,23,25);2,4H,1H3,(H,5,6)/t11-;;2-/m0.0/s1. The Balaban J connectivity index is 0.000000182. The van der Waals surface area contributed by atoms with E-state index >= 15 is 0 Å². The number of carbonyl (C=O) groups excluding carboxylic acids is 3. The summed E-state index contributed by atoms with van der Waals surface area (Å²) in [4.78, 5) is 65.0. The van der Waals surface area contributed by atoms with Crippen LogP contribution in [0.2, 0.25) is 0 Å². The number of aromatic nitrogens is 4. The number of carbonyl (C=O) groups is 4. The van der Waals surface area contributed by atoms with Gasteiger partial charge in [-0.2, -0.15) is 0 Å². The molecule has 17 nitrogen and oxygen atoms in total. The topological polar surface area (TPSA) is 272 Å². The molecule has 61 heavy (non-hydrogen) atoms. The SMILES string of the molecule is C[C@H](O)C(=O)N1CC(NC(=O)c2cnc(N)c3nc(-c4cccc(F)c4)ccc23)C1.C[C@H](O)C(=O)O.Nc1ncc(C(=O)NC2CNC2)c2ccc(-c3cccc(F)c3)nc12. The maximum atomic E-state index is 13.5. The second-order valence-electron chi connectivity index (χ2n) is 14.3. The highest BCUT2D eigenvalue weighted by Crippen LogP contribution is 2.28. The molecule has 3 amide bonds. The van der Waals surface area contributed by atoms with E-state index in [0.717, 1.165) is 13.1 Å². The average Bonchev–Trinajstić information content (AvgIpc) is 3.20. The number of fused-ring (bicyclic) bond motifs is 2. The monoisotopic (exact) mass is 836 g/mol. The molecule has 2 aliphatic heterocycles. The van der Waals surface area contributed by atoms with Crippen LogP contribution in [0.5, 0.6) is 0 Å². The maximum Gasteiger partial charge on any atom is 0.332 e. The van der Waals surface area contributed by atoms with Gasteiger partial charge in [-0.1, -0.05) is 24.3 Å². The van der Waals surface area contributed by atoms with Crippen LogP contribution < -0.4 is 27.4 Å². The van der Waals surface area contributed by atoms with Crippen LogP contribution in [0.15, 0.2) is 85.2 Å². The number of pyridine rings is 4. The zero-order valence-electron chi connectivity index (χ0n) is 32.8. The summed E-state index contributed by atoms with van der Waals surface area (Å²) in [5, 5.41) is 35.1. The van der Waals surface area contributed by atoms with Crippen LogP contribution in [-0.4, -0.2) is 114 Å². The number of nitrogens with zero attached hydrogens (tertiary/aromatic N) is 5. The van der Waals surface area contributed by atoms with E-state index in [9.17, 15) is 33.1 Å². The first-order chi connectivity index (χ1) is 29.1. The average molecular weight is 837 g/mol. The Morgan fingerprint density at radius 1 is 0.721 bits per heavy atom. The van der Waals surface area contributed by atoms with Gasteiger partial charge in [-0.05, 0) is 62.4 Å². The number of aliphatic hydroxyl groups excluding tert-OH is 2. The lowest BCUT2D eigenvalue weighted by atomic mass is 10.0. The third-order valence-electron chi connectivity index (χ3n) is 9.61. The molecule has 10 N–H and O–H groups in total. The van der Waals surface area contributed by atoms with Crippen LogP contribution in [0.4, 0.5) is 20.4 Å². The van der Waals surface area contributed by atoms with Crippen molar-refractivity contribution in [2.45, 2.75) is 38.1 Å². The molecule has 8 rings (SSSR count). The first kappa shape index (κ1) is 43.4. The molecule has 0 aliphatic carbocycles. The zero-order chi connectivity index (χ0) is 44.0. The summed E-state index contributed by atoms with van der Waals surface area (Å²) >= 11 is 0. The molecular formula is C42H42F2N10O7. The lowest BCUT2D eigenvalue weighted by Crippen LogP contribution is -2.62. The third-order valence-corrected chi connectivity index (χ3v) is 9.61. The Hall–Kier alpha value is -7.22. The molecule has 6 heterocycles. The quantitative estimate of drug-likeness (QED) is 0.110. The smallest absolute Gasteiger partial charge is 0.332 e. The van der Waals surface area contributed by atoms with Crippen molar-refractivity contribution >= 4 is 57.1 Å². The highest BCUT2D eigenvalue weighted by molar-refractivity contribution is 6.09. The van der Waals surface area contributed by atoms with Gasteiger partial charge in [0, 0.05) is 60.5 Å². The van der Waals surface area contributed by atoms with E-state index in [1.807, 2.05) is 0 Å². The van der Waals surface area contributed by atoms with E-state index in [0.29, 0.717) is 68.5 Å². The summed E-state index contributed by atoms with van der Waals surface area (Å²) in [6.07, 6.45) is 0.548. The molecule has 2 aromatic carbocycles. The van der Waals surface area contributed by atoms with Gasteiger partial charge in [0.15, 0.2) is 0 Å². The first-order valence-corrected chi connectivity index (χ1v) is 18.9. The Kier molecular flexibility index (Phi) is 13.4. The predicted molar refractivity (Wildman–Crippen MR) is 222 cm³/mol. The molecule has 0 unspecified atom stereocenters. The Morgan fingerprint density at radius 2 is 1.16 bits per heavy atom. The van der Waals surface area contributed by atoms with Gasteiger partial charge in [-0.25, -0.2) is 33.5 Å². The summed E-state index contributed by atoms with van der Waals surface area (Å²) in [5.41, 5.74) is 15.7. The van der Waals surface area contributed by atoms with Crippen molar-refractivity contribution in [2.75, 3.05) is 37.6 Å². The molecule has 2 aliphatic rings. The van der Waals surface area contributed by atoms with E-state index in [4.69, 9.17) is 21.7 Å². The lowest BCUT2D eigenvalue weighted by molar-refractivity contribution is -0.145. The zero-order valence-corrected chi connectivity index (χ0v) is 32.8.